The van der Waals surface area contributed by atoms with E-state index in [-0.39, 0.29) is 11.5 Å². The number of hydrogen-bond acceptors (Lipinski definition) is 6. The Kier molecular flexibility index (Phi) is 4.86. The third kappa shape index (κ3) is 3.33. The normalized spacial score (nSPS) is 14.4. The molecule has 7 nitrogen and oxygen atoms in total. The van der Waals surface area contributed by atoms with Crippen LogP contribution in [0.25, 0.3) is 15.9 Å². The topological polar surface area (TPSA) is 67.2 Å². The van der Waals surface area contributed by atoms with Crippen LogP contribution in [0.15, 0.2) is 53.5 Å². The lowest BCUT2D eigenvalue weighted by Crippen LogP contribution is -2.48. The van der Waals surface area contributed by atoms with Gasteiger partial charge in [0.05, 0.1) is 23.1 Å². The number of ether oxygens (including phenoxy) is 1. The predicted molar refractivity (Wildman–Crippen MR) is 123 cm³/mol. The molecular formula is C23H22N4O3S. The molecule has 158 valence electrons. The van der Waals surface area contributed by atoms with E-state index in [0.29, 0.717) is 33.8 Å². The van der Waals surface area contributed by atoms with Crippen molar-refractivity contribution in [3.63, 3.8) is 0 Å². The van der Waals surface area contributed by atoms with Gasteiger partial charge in [0.25, 0.3) is 11.5 Å². The molecule has 0 aliphatic carbocycles. The van der Waals surface area contributed by atoms with E-state index in [2.05, 4.69) is 9.88 Å². The molecular weight excluding hydrogens is 412 g/mol. The fourth-order valence-corrected chi connectivity index (χ4v) is 5.05. The molecule has 1 aromatic carbocycles. The number of rotatable bonds is 3. The fraction of sp³-hybridized carbons (Fsp3) is 0.261. The number of hydrogen-bond donors (Lipinski definition) is 0. The number of fused-ring (bicyclic) bond motifs is 2. The molecule has 1 aliphatic rings. The van der Waals surface area contributed by atoms with Gasteiger partial charge in [-0.3, -0.25) is 14.0 Å². The van der Waals surface area contributed by atoms with Crippen molar-refractivity contribution in [2.75, 3.05) is 38.2 Å². The Bertz CT molecular complexity index is 1350. The first-order valence-electron chi connectivity index (χ1n) is 10.2. The summed E-state index contributed by atoms with van der Waals surface area (Å²) in [6, 6.07) is 13.4. The highest BCUT2D eigenvalue weighted by Crippen LogP contribution is 2.29. The third-order valence-electron chi connectivity index (χ3n) is 5.73. The second-order valence-electron chi connectivity index (χ2n) is 7.58. The molecule has 8 heteroatoms. The van der Waals surface area contributed by atoms with Gasteiger partial charge in [0, 0.05) is 32.4 Å². The van der Waals surface area contributed by atoms with Crippen LogP contribution < -0.4 is 15.2 Å². The second-order valence-corrected chi connectivity index (χ2v) is 8.61. The molecule has 1 amide bonds. The summed E-state index contributed by atoms with van der Waals surface area (Å²) < 4.78 is 7.02. The highest BCUT2D eigenvalue weighted by molar-refractivity contribution is 7.20. The Morgan fingerprint density at radius 3 is 2.65 bits per heavy atom. The molecule has 4 aromatic rings. The first kappa shape index (κ1) is 19.6. The van der Waals surface area contributed by atoms with E-state index in [9.17, 15) is 9.59 Å². The number of para-hydroxylation sites is 2. The van der Waals surface area contributed by atoms with Crippen LogP contribution in [0, 0.1) is 6.92 Å². The average Bonchev–Trinajstić information content (AvgIpc) is 3.24. The van der Waals surface area contributed by atoms with Gasteiger partial charge in [-0.2, -0.15) is 0 Å². The summed E-state index contributed by atoms with van der Waals surface area (Å²) >= 11 is 1.29. The number of anilines is 1. The molecule has 31 heavy (non-hydrogen) atoms. The number of pyridine rings is 1. The van der Waals surface area contributed by atoms with E-state index in [1.807, 2.05) is 48.2 Å². The zero-order valence-corrected chi connectivity index (χ0v) is 18.2. The molecule has 0 saturated carbocycles. The van der Waals surface area contributed by atoms with E-state index in [1.54, 1.807) is 23.8 Å². The molecule has 4 heterocycles. The minimum Gasteiger partial charge on any atom is -0.495 e. The minimum atomic E-state index is -0.139. The van der Waals surface area contributed by atoms with Crippen LogP contribution in [0.1, 0.15) is 15.2 Å². The summed E-state index contributed by atoms with van der Waals surface area (Å²) in [5.74, 6) is 0.786. The van der Waals surface area contributed by atoms with Gasteiger partial charge in [-0.1, -0.05) is 18.2 Å². The first-order chi connectivity index (χ1) is 15.1. The van der Waals surface area contributed by atoms with Crippen LogP contribution in [-0.4, -0.2) is 53.5 Å². The van der Waals surface area contributed by atoms with Crippen LogP contribution in [0.4, 0.5) is 5.69 Å². The molecule has 0 atom stereocenters. The lowest BCUT2D eigenvalue weighted by molar-refractivity contribution is 0.0751. The van der Waals surface area contributed by atoms with E-state index in [0.717, 1.165) is 30.1 Å². The Hall–Kier alpha value is -3.39. The van der Waals surface area contributed by atoms with Crippen LogP contribution in [0.3, 0.4) is 0 Å². The number of aromatic nitrogens is 2. The van der Waals surface area contributed by atoms with Gasteiger partial charge in [-0.15, -0.1) is 11.3 Å². The van der Waals surface area contributed by atoms with Gasteiger partial charge in [0.2, 0.25) is 0 Å². The summed E-state index contributed by atoms with van der Waals surface area (Å²) in [6.07, 6.45) is 1.72. The summed E-state index contributed by atoms with van der Waals surface area (Å²) in [5.41, 5.74) is 2.46. The zero-order chi connectivity index (χ0) is 21.5. The van der Waals surface area contributed by atoms with Crippen molar-refractivity contribution < 1.29 is 9.53 Å². The first-order valence-corrected chi connectivity index (χ1v) is 11.0. The number of carbonyl (C=O) groups excluding carboxylic acids is 1. The average molecular weight is 435 g/mol. The predicted octanol–water partition coefficient (Wildman–Crippen LogP) is 3.19. The lowest BCUT2D eigenvalue weighted by Gasteiger charge is -2.36. The molecule has 0 unspecified atom stereocenters. The smallest absolute Gasteiger partial charge is 0.266 e. The molecule has 0 radical (unpaired) electrons. The fourth-order valence-electron chi connectivity index (χ4n) is 4.06. The molecule has 1 saturated heterocycles. The highest BCUT2D eigenvalue weighted by atomic mass is 32.1. The van der Waals surface area contributed by atoms with Crippen molar-refractivity contribution in [2.24, 2.45) is 0 Å². The molecule has 0 bridgehead atoms. The maximum Gasteiger partial charge on any atom is 0.266 e. The van der Waals surface area contributed by atoms with Crippen LogP contribution in [-0.2, 0) is 0 Å². The number of carbonyl (C=O) groups is 1. The standard InChI is InChI=1S/C23H22N4O3S/c1-15-6-5-9-27-20(15)24-21-16(22(27)28)14-19(31-21)23(29)26-12-10-25(11-13-26)17-7-3-4-8-18(17)30-2/h3-9,14H,10-13H2,1-2H3. The van der Waals surface area contributed by atoms with E-state index < -0.39 is 0 Å². The number of piperazine rings is 1. The SMILES string of the molecule is COc1ccccc1N1CCN(C(=O)c2cc3c(=O)n4cccc(C)c4nc3s2)CC1. The second kappa shape index (κ2) is 7.70. The largest absolute Gasteiger partial charge is 0.495 e. The molecule has 3 aromatic heterocycles. The maximum atomic E-state index is 13.2. The van der Waals surface area contributed by atoms with Crippen LogP contribution >= 0.6 is 11.3 Å². The summed E-state index contributed by atoms with van der Waals surface area (Å²) in [4.78, 5) is 35.9. The van der Waals surface area contributed by atoms with Crippen molar-refractivity contribution in [3.8, 4) is 5.75 Å². The molecule has 1 aliphatic heterocycles. The lowest BCUT2D eigenvalue weighted by atomic mass is 10.2. The number of thiophene rings is 1. The molecule has 0 spiro atoms. The quantitative estimate of drug-likeness (QED) is 0.495. The number of nitrogens with zero attached hydrogens (tertiary/aromatic N) is 4. The van der Waals surface area contributed by atoms with Crippen molar-refractivity contribution in [1.82, 2.24) is 14.3 Å². The summed E-state index contributed by atoms with van der Waals surface area (Å²) in [7, 11) is 1.67. The molecule has 1 fully saturated rings. The Balaban J connectivity index is 1.40. The van der Waals surface area contributed by atoms with E-state index >= 15 is 0 Å². The Morgan fingerprint density at radius 1 is 1.10 bits per heavy atom. The molecule has 0 N–H and O–H groups in total. The number of benzene rings is 1. The van der Waals surface area contributed by atoms with Gasteiger partial charge >= 0.3 is 0 Å². The number of methoxy groups -OCH3 is 1. The number of aryl methyl sites for hydroxylation is 1. The van der Waals surface area contributed by atoms with Crippen LogP contribution in [0.5, 0.6) is 5.75 Å². The Labute approximate surface area is 183 Å². The van der Waals surface area contributed by atoms with Crippen molar-refractivity contribution >= 4 is 38.8 Å². The monoisotopic (exact) mass is 434 g/mol. The minimum absolute atomic E-state index is 0.0483. The van der Waals surface area contributed by atoms with Crippen molar-refractivity contribution in [2.45, 2.75) is 6.92 Å². The van der Waals surface area contributed by atoms with Gasteiger partial charge in [-0.05, 0) is 36.8 Å². The van der Waals surface area contributed by atoms with Gasteiger partial charge < -0.3 is 14.5 Å². The molecule has 5 rings (SSSR count). The Morgan fingerprint density at radius 2 is 1.87 bits per heavy atom. The van der Waals surface area contributed by atoms with E-state index in [4.69, 9.17) is 4.74 Å². The van der Waals surface area contributed by atoms with Crippen LogP contribution in [0.2, 0.25) is 0 Å². The third-order valence-corrected chi connectivity index (χ3v) is 6.75. The summed E-state index contributed by atoms with van der Waals surface area (Å²) in [5, 5.41) is 0.490. The van der Waals surface area contributed by atoms with Crippen molar-refractivity contribution in [1.29, 1.82) is 0 Å². The van der Waals surface area contributed by atoms with Gasteiger partial charge in [0.15, 0.2) is 0 Å². The maximum absolute atomic E-state index is 13.2. The highest BCUT2D eigenvalue weighted by Gasteiger charge is 2.25. The summed E-state index contributed by atoms with van der Waals surface area (Å²) in [6.45, 7) is 4.59. The van der Waals surface area contributed by atoms with Gasteiger partial charge in [0.1, 0.15) is 16.2 Å². The zero-order valence-electron chi connectivity index (χ0n) is 17.4. The van der Waals surface area contributed by atoms with Gasteiger partial charge in [-0.25, -0.2) is 4.98 Å². The van der Waals surface area contributed by atoms with E-state index in [1.165, 1.54) is 11.3 Å². The van der Waals surface area contributed by atoms with Crippen molar-refractivity contribution in [3.05, 3.63) is 69.5 Å². The number of amides is 1.